The summed E-state index contributed by atoms with van der Waals surface area (Å²) >= 11 is 0. The lowest BCUT2D eigenvalue weighted by Gasteiger charge is -2.19. The van der Waals surface area contributed by atoms with E-state index in [-0.39, 0.29) is 19.6 Å². The Morgan fingerprint density at radius 1 is 1.42 bits per heavy atom. The third-order valence-corrected chi connectivity index (χ3v) is 1.32. The number of hydrogen-bond donors (Lipinski definition) is 1. The molecule has 2 nitrogen and oxygen atoms in total. The van der Waals surface area contributed by atoms with Gasteiger partial charge < -0.3 is 10.5 Å². The van der Waals surface area contributed by atoms with Gasteiger partial charge in [0.2, 0.25) is 0 Å². The zero-order valence-corrected chi connectivity index (χ0v) is 7.03. The molecule has 0 radical (unpaired) electrons. The van der Waals surface area contributed by atoms with Gasteiger partial charge >= 0.3 is 6.18 Å². The molecular formula is C7H14F3NO. The van der Waals surface area contributed by atoms with Gasteiger partial charge in [-0.3, -0.25) is 0 Å². The van der Waals surface area contributed by atoms with Gasteiger partial charge in [0.05, 0.1) is 0 Å². The lowest BCUT2D eigenvalue weighted by atomic mass is 10.2. The monoisotopic (exact) mass is 185 g/mol. The molecule has 0 aliphatic heterocycles. The van der Waals surface area contributed by atoms with E-state index in [0.717, 1.165) is 0 Å². The van der Waals surface area contributed by atoms with E-state index < -0.39 is 12.3 Å². The van der Waals surface area contributed by atoms with Crippen LogP contribution in [0.15, 0.2) is 0 Å². The highest BCUT2D eigenvalue weighted by molar-refractivity contribution is 4.67. The third-order valence-electron chi connectivity index (χ3n) is 1.32. The minimum atomic E-state index is -4.28. The second-order valence-electron chi connectivity index (χ2n) is 2.48. The van der Waals surface area contributed by atoms with E-state index in [2.05, 4.69) is 4.74 Å². The van der Waals surface area contributed by atoms with Gasteiger partial charge in [-0.25, -0.2) is 0 Å². The molecule has 0 aromatic heterocycles. The zero-order valence-electron chi connectivity index (χ0n) is 7.03. The van der Waals surface area contributed by atoms with Crippen molar-refractivity contribution < 1.29 is 17.9 Å². The van der Waals surface area contributed by atoms with E-state index in [1.165, 1.54) is 0 Å². The molecule has 0 bridgehead atoms. The van der Waals surface area contributed by atoms with Gasteiger partial charge in [-0.2, -0.15) is 13.2 Å². The minimum Gasteiger partial charge on any atom is -0.369 e. The highest BCUT2D eigenvalue weighted by Crippen LogP contribution is 2.24. The van der Waals surface area contributed by atoms with Crippen molar-refractivity contribution in [3.8, 4) is 0 Å². The second-order valence-corrected chi connectivity index (χ2v) is 2.48. The molecule has 0 saturated heterocycles. The molecule has 12 heavy (non-hydrogen) atoms. The van der Waals surface area contributed by atoms with Crippen molar-refractivity contribution in [2.45, 2.75) is 32.0 Å². The molecule has 0 rings (SSSR count). The zero-order chi connectivity index (χ0) is 9.61. The minimum absolute atomic E-state index is 0.00606. The molecule has 1 unspecified atom stereocenters. The molecule has 0 aliphatic rings. The van der Waals surface area contributed by atoms with E-state index >= 15 is 0 Å². The molecule has 5 heteroatoms. The fraction of sp³-hybridized carbons (Fsp3) is 1.00. The highest BCUT2D eigenvalue weighted by Gasteiger charge is 2.39. The van der Waals surface area contributed by atoms with Crippen LogP contribution >= 0.6 is 0 Å². The number of ether oxygens (including phenoxy) is 1. The molecule has 0 fully saturated rings. The molecule has 0 aromatic rings. The Balaban J connectivity index is 3.86. The summed E-state index contributed by atoms with van der Waals surface area (Å²) in [5.74, 6) is 0. The maximum absolute atomic E-state index is 12.0. The van der Waals surface area contributed by atoms with Crippen molar-refractivity contribution in [1.82, 2.24) is 0 Å². The van der Waals surface area contributed by atoms with Crippen LogP contribution < -0.4 is 5.73 Å². The maximum atomic E-state index is 12.0. The average molecular weight is 185 g/mol. The van der Waals surface area contributed by atoms with Gasteiger partial charge in [0, 0.05) is 6.61 Å². The first-order chi connectivity index (χ1) is 5.52. The van der Waals surface area contributed by atoms with E-state index in [1.54, 1.807) is 6.92 Å². The Labute approximate surface area is 69.9 Å². The van der Waals surface area contributed by atoms with Gasteiger partial charge in [-0.15, -0.1) is 0 Å². The largest absolute Gasteiger partial charge is 0.414 e. The summed E-state index contributed by atoms with van der Waals surface area (Å²) in [6, 6.07) is 0. The molecule has 0 spiro atoms. The van der Waals surface area contributed by atoms with Crippen LogP contribution in [0.1, 0.15) is 19.8 Å². The third kappa shape index (κ3) is 4.56. The van der Waals surface area contributed by atoms with E-state index in [9.17, 15) is 13.2 Å². The van der Waals surface area contributed by atoms with Crippen molar-refractivity contribution in [3.63, 3.8) is 0 Å². The molecule has 2 N–H and O–H groups in total. The molecular weight excluding hydrogens is 171 g/mol. The first kappa shape index (κ1) is 11.7. The van der Waals surface area contributed by atoms with Gasteiger partial charge in [0.15, 0.2) is 6.10 Å². The summed E-state index contributed by atoms with van der Waals surface area (Å²) in [5.41, 5.74) is 5.02. The fourth-order valence-corrected chi connectivity index (χ4v) is 0.753. The standard InChI is InChI=1S/C7H14F3NO/c1-2-5-12-6(3-4-11)7(8,9)10/h6H,2-5,11H2,1H3. The highest BCUT2D eigenvalue weighted by atomic mass is 19.4. The van der Waals surface area contributed by atoms with Gasteiger partial charge in [-0.1, -0.05) is 6.92 Å². The van der Waals surface area contributed by atoms with Crippen LogP contribution in [0.4, 0.5) is 13.2 Å². The molecule has 0 saturated carbocycles. The van der Waals surface area contributed by atoms with Crippen LogP contribution in [0.2, 0.25) is 0 Å². The number of halogens is 3. The van der Waals surface area contributed by atoms with Crippen molar-refractivity contribution in [2.75, 3.05) is 13.2 Å². The van der Waals surface area contributed by atoms with Crippen LogP contribution in [-0.2, 0) is 4.74 Å². The van der Waals surface area contributed by atoms with E-state index in [0.29, 0.717) is 6.42 Å². The molecule has 0 aromatic carbocycles. The summed E-state index contributed by atoms with van der Waals surface area (Å²) in [5, 5.41) is 0. The van der Waals surface area contributed by atoms with Crippen LogP contribution in [0.3, 0.4) is 0 Å². The molecule has 0 aliphatic carbocycles. The van der Waals surface area contributed by atoms with Crippen molar-refractivity contribution in [2.24, 2.45) is 5.73 Å². The van der Waals surface area contributed by atoms with Gasteiger partial charge in [0.25, 0.3) is 0 Å². The van der Waals surface area contributed by atoms with Crippen LogP contribution in [-0.4, -0.2) is 25.4 Å². The Bertz CT molecular complexity index is 116. The maximum Gasteiger partial charge on any atom is 0.414 e. The van der Waals surface area contributed by atoms with E-state index in [1.807, 2.05) is 0 Å². The molecule has 0 amide bonds. The summed E-state index contributed by atoms with van der Waals surface area (Å²) in [6.45, 7) is 1.88. The Morgan fingerprint density at radius 3 is 2.33 bits per heavy atom. The summed E-state index contributed by atoms with van der Waals surface area (Å²) in [4.78, 5) is 0. The molecule has 1 atom stereocenters. The summed E-state index contributed by atoms with van der Waals surface area (Å²) < 4.78 is 40.7. The van der Waals surface area contributed by atoms with Crippen molar-refractivity contribution in [1.29, 1.82) is 0 Å². The second kappa shape index (κ2) is 5.37. The van der Waals surface area contributed by atoms with Crippen LogP contribution in [0.25, 0.3) is 0 Å². The lowest BCUT2D eigenvalue weighted by molar-refractivity contribution is -0.221. The smallest absolute Gasteiger partial charge is 0.369 e. The normalized spacial score (nSPS) is 14.8. The van der Waals surface area contributed by atoms with Crippen LogP contribution in [0, 0.1) is 0 Å². The number of rotatable bonds is 5. The Hall–Kier alpha value is -0.290. The number of alkyl halides is 3. The van der Waals surface area contributed by atoms with E-state index in [4.69, 9.17) is 5.73 Å². The summed E-state index contributed by atoms with van der Waals surface area (Å²) in [7, 11) is 0. The van der Waals surface area contributed by atoms with Crippen molar-refractivity contribution in [3.05, 3.63) is 0 Å². The Kier molecular flexibility index (Phi) is 5.24. The molecule has 74 valence electrons. The summed E-state index contributed by atoms with van der Waals surface area (Å²) in [6.07, 6.45) is -5.56. The quantitative estimate of drug-likeness (QED) is 0.707. The lowest BCUT2D eigenvalue weighted by Crippen LogP contribution is -2.34. The SMILES string of the molecule is CCCOC(CCN)C(F)(F)F. The fourth-order valence-electron chi connectivity index (χ4n) is 0.753. The first-order valence-electron chi connectivity index (χ1n) is 3.90. The van der Waals surface area contributed by atoms with Gasteiger partial charge in [0.1, 0.15) is 0 Å². The van der Waals surface area contributed by atoms with Gasteiger partial charge in [-0.05, 0) is 19.4 Å². The predicted molar refractivity (Wildman–Crippen MR) is 39.8 cm³/mol. The number of hydrogen-bond acceptors (Lipinski definition) is 2. The topological polar surface area (TPSA) is 35.2 Å². The first-order valence-corrected chi connectivity index (χ1v) is 3.90. The number of nitrogens with two attached hydrogens (primary N) is 1. The molecule has 0 heterocycles. The Morgan fingerprint density at radius 2 is 2.00 bits per heavy atom. The van der Waals surface area contributed by atoms with Crippen molar-refractivity contribution >= 4 is 0 Å². The average Bonchev–Trinajstić information content (AvgIpc) is 1.95. The van der Waals surface area contributed by atoms with Crippen LogP contribution in [0.5, 0.6) is 0 Å². The predicted octanol–water partition coefficient (Wildman–Crippen LogP) is 1.69.